The molecular formula is C10H18N4O8. The SMILES string of the molecule is N.N.N.N.O=C(O)c1ccc(C(=O)O)c(C(=O)O)c1C(=O)O. The van der Waals surface area contributed by atoms with Crippen molar-refractivity contribution in [2.75, 3.05) is 0 Å². The molecule has 0 bridgehead atoms. The van der Waals surface area contributed by atoms with E-state index < -0.39 is 46.1 Å². The first-order valence-corrected chi connectivity index (χ1v) is 4.37. The molecule has 0 amide bonds. The predicted octanol–water partition coefficient (Wildman–Crippen LogP) is 1.13. The van der Waals surface area contributed by atoms with Crippen molar-refractivity contribution in [1.29, 1.82) is 0 Å². The van der Waals surface area contributed by atoms with Crippen LogP contribution in [0.4, 0.5) is 0 Å². The average molecular weight is 322 g/mol. The van der Waals surface area contributed by atoms with Gasteiger partial charge in [-0.1, -0.05) is 0 Å². The molecule has 1 aromatic carbocycles. The molecule has 0 aliphatic rings. The van der Waals surface area contributed by atoms with Crippen LogP contribution in [0.2, 0.25) is 0 Å². The third kappa shape index (κ3) is 4.80. The molecule has 126 valence electrons. The first-order valence-electron chi connectivity index (χ1n) is 4.37. The molecule has 0 unspecified atom stereocenters. The minimum absolute atomic E-state index is 0. The van der Waals surface area contributed by atoms with Crippen molar-refractivity contribution in [3.05, 3.63) is 34.4 Å². The number of aromatic carboxylic acids is 4. The number of hydrogen-bond donors (Lipinski definition) is 8. The monoisotopic (exact) mass is 322 g/mol. The largest absolute Gasteiger partial charge is 0.478 e. The van der Waals surface area contributed by atoms with Crippen LogP contribution >= 0.6 is 0 Å². The van der Waals surface area contributed by atoms with Gasteiger partial charge >= 0.3 is 23.9 Å². The van der Waals surface area contributed by atoms with Gasteiger partial charge in [0.2, 0.25) is 0 Å². The van der Waals surface area contributed by atoms with Crippen molar-refractivity contribution >= 4 is 23.9 Å². The maximum Gasteiger partial charge on any atom is 0.337 e. The van der Waals surface area contributed by atoms with Gasteiger partial charge < -0.3 is 45.0 Å². The van der Waals surface area contributed by atoms with Crippen molar-refractivity contribution in [3.63, 3.8) is 0 Å². The van der Waals surface area contributed by atoms with Gasteiger partial charge in [-0.3, -0.25) is 0 Å². The van der Waals surface area contributed by atoms with Gasteiger partial charge in [0.05, 0.1) is 22.3 Å². The Morgan fingerprint density at radius 2 is 0.773 bits per heavy atom. The van der Waals surface area contributed by atoms with Crippen LogP contribution in [0.3, 0.4) is 0 Å². The maximum atomic E-state index is 10.9. The van der Waals surface area contributed by atoms with Gasteiger partial charge in [-0.05, 0) is 12.1 Å². The van der Waals surface area contributed by atoms with Crippen LogP contribution in [-0.4, -0.2) is 44.3 Å². The zero-order chi connectivity index (χ0) is 14.0. The van der Waals surface area contributed by atoms with Gasteiger partial charge in [0.15, 0.2) is 0 Å². The van der Waals surface area contributed by atoms with Crippen molar-refractivity contribution in [1.82, 2.24) is 24.6 Å². The lowest BCUT2D eigenvalue weighted by Gasteiger charge is -2.08. The molecule has 1 aromatic rings. The Balaban J connectivity index is -0.000000405. The van der Waals surface area contributed by atoms with Crippen LogP contribution in [0, 0.1) is 0 Å². The van der Waals surface area contributed by atoms with E-state index in [1.54, 1.807) is 0 Å². The minimum atomic E-state index is -1.83. The second-order valence-electron chi connectivity index (χ2n) is 3.13. The summed E-state index contributed by atoms with van der Waals surface area (Å²) in [5.41, 5.74) is -3.69. The van der Waals surface area contributed by atoms with Gasteiger partial charge in [-0.15, -0.1) is 0 Å². The molecule has 0 aliphatic heterocycles. The minimum Gasteiger partial charge on any atom is -0.478 e. The Bertz CT molecular complexity index is 536. The smallest absolute Gasteiger partial charge is 0.337 e. The summed E-state index contributed by atoms with van der Waals surface area (Å²) in [6.07, 6.45) is 0. The Morgan fingerprint density at radius 1 is 0.545 bits per heavy atom. The molecule has 12 nitrogen and oxygen atoms in total. The fourth-order valence-corrected chi connectivity index (χ4v) is 1.40. The van der Waals surface area contributed by atoms with Crippen LogP contribution < -0.4 is 24.6 Å². The topological polar surface area (TPSA) is 289 Å². The van der Waals surface area contributed by atoms with Crippen LogP contribution in [0.1, 0.15) is 41.4 Å². The van der Waals surface area contributed by atoms with Gasteiger partial charge in [0, 0.05) is 0 Å². The molecular weight excluding hydrogens is 304 g/mol. The summed E-state index contributed by atoms with van der Waals surface area (Å²) in [7, 11) is 0. The number of carboxylic acids is 4. The molecule has 0 heterocycles. The number of rotatable bonds is 4. The summed E-state index contributed by atoms with van der Waals surface area (Å²) in [6.45, 7) is 0. The maximum absolute atomic E-state index is 10.9. The van der Waals surface area contributed by atoms with Gasteiger partial charge in [0.1, 0.15) is 0 Å². The van der Waals surface area contributed by atoms with E-state index in [9.17, 15) is 19.2 Å². The highest BCUT2D eigenvalue weighted by molar-refractivity contribution is 6.13. The summed E-state index contributed by atoms with van der Waals surface area (Å²) >= 11 is 0. The highest BCUT2D eigenvalue weighted by Crippen LogP contribution is 2.20. The molecule has 0 saturated carbocycles. The van der Waals surface area contributed by atoms with E-state index in [2.05, 4.69) is 0 Å². The Morgan fingerprint density at radius 3 is 0.909 bits per heavy atom. The van der Waals surface area contributed by atoms with Crippen LogP contribution in [0.25, 0.3) is 0 Å². The van der Waals surface area contributed by atoms with E-state index in [4.69, 9.17) is 20.4 Å². The van der Waals surface area contributed by atoms with Crippen molar-refractivity contribution in [3.8, 4) is 0 Å². The molecule has 0 aromatic heterocycles. The highest BCUT2D eigenvalue weighted by Gasteiger charge is 2.29. The molecule has 0 spiro atoms. The summed E-state index contributed by atoms with van der Waals surface area (Å²) in [4.78, 5) is 43.4. The number of carboxylic acid groups (broad SMARTS) is 4. The highest BCUT2D eigenvalue weighted by atomic mass is 16.4. The normalized spacial score (nSPS) is 8.00. The van der Waals surface area contributed by atoms with Crippen molar-refractivity contribution in [2.24, 2.45) is 0 Å². The zero-order valence-corrected chi connectivity index (χ0v) is 11.4. The zero-order valence-electron chi connectivity index (χ0n) is 11.4. The molecule has 1 rings (SSSR count). The summed E-state index contributed by atoms with van der Waals surface area (Å²) in [5.74, 6) is -6.97. The van der Waals surface area contributed by atoms with E-state index in [-0.39, 0.29) is 24.6 Å². The molecule has 0 saturated heterocycles. The van der Waals surface area contributed by atoms with E-state index in [0.717, 1.165) is 12.1 Å². The molecule has 0 radical (unpaired) electrons. The fourth-order valence-electron chi connectivity index (χ4n) is 1.40. The van der Waals surface area contributed by atoms with Crippen LogP contribution in [0.15, 0.2) is 12.1 Å². The molecule has 0 fully saturated rings. The average Bonchev–Trinajstić information content (AvgIpc) is 2.26. The van der Waals surface area contributed by atoms with E-state index in [1.807, 2.05) is 0 Å². The quantitative estimate of drug-likeness (QED) is 0.386. The molecule has 0 atom stereocenters. The lowest BCUT2D eigenvalue weighted by atomic mass is 9.95. The predicted molar refractivity (Wildman–Crippen MR) is 74.4 cm³/mol. The van der Waals surface area contributed by atoms with E-state index >= 15 is 0 Å². The summed E-state index contributed by atoms with van der Waals surface area (Å²) in [5, 5.41) is 35.2. The summed E-state index contributed by atoms with van der Waals surface area (Å²) in [6, 6.07) is 1.48. The number of carbonyl (C=O) groups is 4. The lowest BCUT2D eigenvalue weighted by Crippen LogP contribution is -2.19. The molecule has 22 heavy (non-hydrogen) atoms. The van der Waals surface area contributed by atoms with E-state index in [1.165, 1.54) is 0 Å². The van der Waals surface area contributed by atoms with E-state index in [0.29, 0.717) is 0 Å². The Labute approximate surface area is 123 Å². The lowest BCUT2D eigenvalue weighted by molar-refractivity contribution is 0.0619. The third-order valence-electron chi connectivity index (χ3n) is 2.09. The third-order valence-corrected chi connectivity index (χ3v) is 2.09. The molecule has 0 aliphatic carbocycles. The number of hydrogen-bond acceptors (Lipinski definition) is 8. The second-order valence-corrected chi connectivity index (χ2v) is 3.13. The van der Waals surface area contributed by atoms with Gasteiger partial charge in [-0.2, -0.15) is 0 Å². The number of benzene rings is 1. The molecule has 12 heteroatoms. The first-order chi connectivity index (χ1) is 8.27. The second kappa shape index (κ2) is 9.78. The van der Waals surface area contributed by atoms with Gasteiger partial charge in [0.25, 0.3) is 0 Å². The van der Waals surface area contributed by atoms with Crippen molar-refractivity contribution in [2.45, 2.75) is 0 Å². The van der Waals surface area contributed by atoms with Crippen molar-refractivity contribution < 1.29 is 39.6 Å². The standard InChI is InChI=1S/C10H6O8.4H3N/c11-7(12)3-1-2-4(8(13)14)6(10(17)18)5(3)9(15)16;;;;/h1-2H,(H,11,12)(H,13,14)(H,15,16)(H,17,18);4*1H3. The van der Waals surface area contributed by atoms with Crippen LogP contribution in [-0.2, 0) is 0 Å². The summed E-state index contributed by atoms with van der Waals surface area (Å²) < 4.78 is 0. The Kier molecular flexibility index (Phi) is 12.1. The fraction of sp³-hybridized carbons (Fsp3) is 0. The molecule has 16 N–H and O–H groups in total. The first kappa shape index (κ1) is 27.3. The van der Waals surface area contributed by atoms with Crippen LogP contribution in [0.5, 0.6) is 0 Å². The van der Waals surface area contributed by atoms with Gasteiger partial charge in [-0.25, -0.2) is 19.2 Å². The Hall–Kier alpha value is -3.06.